The number of likely N-dealkylation sites (N-methyl/N-ethyl adjacent to an activating group) is 1. The van der Waals surface area contributed by atoms with E-state index in [1.807, 2.05) is 0 Å². The SMILES string of the molecule is CNCCNC(=O)[C@@H]1Cc2cc(ccc2O)-c2ccc(O)c(c2)C[C@H](N)C(=O)N[C@@H](CCCN)C(=O)N1. The van der Waals surface area contributed by atoms with Crippen LogP contribution in [0.25, 0.3) is 11.1 Å². The molecule has 11 nitrogen and oxygen atoms in total. The Bertz CT molecular complexity index is 1120. The molecule has 0 aromatic heterocycles. The highest BCUT2D eigenvalue weighted by atomic mass is 16.3. The summed E-state index contributed by atoms with van der Waals surface area (Å²) < 4.78 is 0. The Labute approximate surface area is 216 Å². The van der Waals surface area contributed by atoms with E-state index >= 15 is 0 Å². The van der Waals surface area contributed by atoms with Crippen LogP contribution in [0.2, 0.25) is 0 Å². The molecular formula is C26H36N6O5. The van der Waals surface area contributed by atoms with Crippen LogP contribution in [0.4, 0.5) is 0 Å². The zero-order valence-electron chi connectivity index (χ0n) is 20.9. The van der Waals surface area contributed by atoms with Gasteiger partial charge in [-0.15, -0.1) is 0 Å². The number of benzene rings is 2. The van der Waals surface area contributed by atoms with Crippen LogP contribution < -0.4 is 32.7 Å². The molecule has 1 aliphatic heterocycles. The molecule has 4 bridgehead atoms. The van der Waals surface area contributed by atoms with Gasteiger partial charge in [0.1, 0.15) is 23.6 Å². The molecule has 1 aliphatic rings. The number of phenolic OH excluding ortho intramolecular Hbond substituents is 2. The number of aromatic hydroxyl groups is 2. The molecule has 10 N–H and O–H groups in total. The fourth-order valence-corrected chi connectivity index (χ4v) is 4.19. The van der Waals surface area contributed by atoms with Crippen molar-refractivity contribution in [2.24, 2.45) is 11.5 Å². The van der Waals surface area contributed by atoms with Crippen molar-refractivity contribution in [1.82, 2.24) is 21.3 Å². The smallest absolute Gasteiger partial charge is 0.243 e. The van der Waals surface area contributed by atoms with E-state index in [2.05, 4.69) is 21.3 Å². The molecule has 3 atom stereocenters. The lowest BCUT2D eigenvalue weighted by Gasteiger charge is -2.24. The van der Waals surface area contributed by atoms with Crippen molar-refractivity contribution in [1.29, 1.82) is 0 Å². The summed E-state index contributed by atoms with van der Waals surface area (Å²) in [5, 5.41) is 32.1. The van der Waals surface area contributed by atoms with Crippen LogP contribution in [-0.2, 0) is 27.2 Å². The maximum Gasteiger partial charge on any atom is 0.243 e. The molecular weight excluding hydrogens is 476 g/mol. The molecule has 2 aromatic rings. The molecule has 200 valence electrons. The van der Waals surface area contributed by atoms with E-state index in [1.165, 1.54) is 12.1 Å². The van der Waals surface area contributed by atoms with Crippen molar-refractivity contribution < 1.29 is 24.6 Å². The van der Waals surface area contributed by atoms with Gasteiger partial charge in [0.15, 0.2) is 0 Å². The second-order valence-electron chi connectivity index (χ2n) is 9.15. The zero-order chi connectivity index (χ0) is 26.9. The summed E-state index contributed by atoms with van der Waals surface area (Å²) in [5.41, 5.74) is 14.2. The van der Waals surface area contributed by atoms with Gasteiger partial charge in [0, 0.05) is 25.9 Å². The summed E-state index contributed by atoms with van der Waals surface area (Å²) in [6, 6.07) is 6.91. The number of amides is 3. The largest absolute Gasteiger partial charge is 0.508 e. The summed E-state index contributed by atoms with van der Waals surface area (Å²) in [5.74, 6) is -1.58. The van der Waals surface area contributed by atoms with Gasteiger partial charge in [0.05, 0.1) is 6.04 Å². The minimum Gasteiger partial charge on any atom is -0.508 e. The molecule has 3 rings (SSSR count). The molecule has 37 heavy (non-hydrogen) atoms. The first-order valence-corrected chi connectivity index (χ1v) is 12.4. The molecule has 1 heterocycles. The van der Waals surface area contributed by atoms with Crippen molar-refractivity contribution in [3.05, 3.63) is 47.5 Å². The Morgan fingerprint density at radius 2 is 1.59 bits per heavy atom. The molecule has 0 unspecified atom stereocenters. The highest BCUT2D eigenvalue weighted by Gasteiger charge is 2.29. The van der Waals surface area contributed by atoms with Crippen LogP contribution in [0.1, 0.15) is 24.0 Å². The highest BCUT2D eigenvalue weighted by molar-refractivity contribution is 5.93. The van der Waals surface area contributed by atoms with Crippen molar-refractivity contribution in [2.45, 2.75) is 43.8 Å². The Hall–Kier alpha value is -3.67. The van der Waals surface area contributed by atoms with E-state index in [0.717, 1.165) is 11.1 Å². The zero-order valence-corrected chi connectivity index (χ0v) is 20.9. The van der Waals surface area contributed by atoms with E-state index in [1.54, 1.807) is 31.3 Å². The molecule has 3 amide bonds. The number of hydrogen-bond acceptors (Lipinski definition) is 8. The fourth-order valence-electron chi connectivity index (χ4n) is 4.19. The third-order valence-electron chi connectivity index (χ3n) is 6.33. The fraction of sp³-hybridized carbons (Fsp3) is 0.423. The summed E-state index contributed by atoms with van der Waals surface area (Å²) >= 11 is 0. The molecule has 0 radical (unpaired) electrons. The maximum absolute atomic E-state index is 13.3. The Kier molecular flexibility index (Phi) is 9.84. The van der Waals surface area contributed by atoms with Crippen LogP contribution in [0.5, 0.6) is 11.5 Å². The Morgan fingerprint density at radius 3 is 2.19 bits per heavy atom. The summed E-state index contributed by atoms with van der Waals surface area (Å²) in [4.78, 5) is 39.2. The van der Waals surface area contributed by atoms with E-state index in [-0.39, 0.29) is 30.8 Å². The number of phenols is 2. The van der Waals surface area contributed by atoms with Gasteiger partial charge in [0.2, 0.25) is 17.7 Å². The van der Waals surface area contributed by atoms with Crippen LogP contribution in [0.15, 0.2) is 36.4 Å². The predicted octanol–water partition coefficient (Wildman–Crippen LogP) is -0.765. The minimum absolute atomic E-state index is 0.00829. The molecule has 0 saturated carbocycles. The van der Waals surface area contributed by atoms with Crippen LogP contribution >= 0.6 is 0 Å². The number of carbonyl (C=O) groups excluding carboxylic acids is 3. The summed E-state index contributed by atoms with van der Waals surface area (Å²) in [6.07, 6.45) is 0.756. The van der Waals surface area contributed by atoms with Gasteiger partial charge in [-0.25, -0.2) is 0 Å². The van der Waals surface area contributed by atoms with Gasteiger partial charge in [-0.1, -0.05) is 12.1 Å². The van der Waals surface area contributed by atoms with Gasteiger partial charge in [0.25, 0.3) is 0 Å². The highest BCUT2D eigenvalue weighted by Crippen LogP contribution is 2.30. The number of carbonyl (C=O) groups is 3. The van der Waals surface area contributed by atoms with Gasteiger partial charge in [-0.05, 0) is 73.0 Å². The average molecular weight is 513 g/mol. The van der Waals surface area contributed by atoms with Crippen molar-refractivity contribution in [3.63, 3.8) is 0 Å². The number of nitrogens with one attached hydrogen (secondary N) is 4. The third kappa shape index (κ3) is 7.42. The number of fused-ring (bicyclic) bond motifs is 5. The normalized spacial score (nSPS) is 20.2. The van der Waals surface area contributed by atoms with E-state index in [0.29, 0.717) is 37.2 Å². The molecule has 0 saturated heterocycles. The average Bonchev–Trinajstić information content (AvgIpc) is 2.88. The molecule has 2 aromatic carbocycles. The van der Waals surface area contributed by atoms with Crippen LogP contribution in [0.3, 0.4) is 0 Å². The first-order valence-electron chi connectivity index (χ1n) is 12.4. The third-order valence-corrected chi connectivity index (χ3v) is 6.33. The standard InChI is InChI=1S/C26H36N6O5/c1-29-9-10-30-25(36)21-14-18-12-16(5-7-23(18)34)15-4-6-22(33)17(11-15)13-19(28)24(35)31-20(3-2-8-27)26(37)32-21/h4-7,11-12,19-21,29,33-34H,2-3,8-10,13-14,27-28H2,1H3,(H,30,36)(H,31,35)(H,32,37)/t19-,20-,21-/m0/s1. The summed E-state index contributed by atoms with van der Waals surface area (Å²) in [6.45, 7) is 1.18. The predicted molar refractivity (Wildman–Crippen MR) is 140 cm³/mol. The van der Waals surface area contributed by atoms with Crippen LogP contribution in [-0.4, -0.2) is 72.7 Å². The van der Waals surface area contributed by atoms with Crippen molar-refractivity contribution >= 4 is 17.7 Å². The van der Waals surface area contributed by atoms with Crippen molar-refractivity contribution in [3.8, 4) is 22.6 Å². The maximum atomic E-state index is 13.3. The topological polar surface area (TPSA) is 192 Å². The molecule has 0 spiro atoms. The first kappa shape index (κ1) is 27.9. The second kappa shape index (κ2) is 13.0. The number of nitrogens with two attached hydrogens (primary N) is 2. The molecule has 0 fully saturated rings. The number of rotatable bonds is 7. The monoisotopic (exact) mass is 512 g/mol. The minimum atomic E-state index is -1.03. The first-order chi connectivity index (χ1) is 17.7. The quantitative estimate of drug-likeness (QED) is 0.222. The van der Waals surface area contributed by atoms with Gasteiger partial charge >= 0.3 is 0 Å². The second-order valence-corrected chi connectivity index (χ2v) is 9.15. The van der Waals surface area contributed by atoms with E-state index in [9.17, 15) is 24.6 Å². The van der Waals surface area contributed by atoms with Gasteiger partial charge in [-0.3, -0.25) is 14.4 Å². The van der Waals surface area contributed by atoms with Crippen molar-refractivity contribution in [2.75, 3.05) is 26.7 Å². The lowest BCUT2D eigenvalue weighted by Crippen LogP contribution is -2.56. The van der Waals surface area contributed by atoms with E-state index < -0.39 is 35.8 Å². The lowest BCUT2D eigenvalue weighted by molar-refractivity contribution is -0.132. The van der Waals surface area contributed by atoms with Gasteiger partial charge < -0.3 is 42.9 Å². The van der Waals surface area contributed by atoms with Gasteiger partial charge in [-0.2, -0.15) is 0 Å². The lowest BCUT2D eigenvalue weighted by atomic mass is 9.95. The number of hydrogen-bond donors (Lipinski definition) is 8. The summed E-state index contributed by atoms with van der Waals surface area (Å²) in [7, 11) is 1.76. The Morgan fingerprint density at radius 1 is 0.973 bits per heavy atom. The van der Waals surface area contributed by atoms with E-state index in [4.69, 9.17) is 11.5 Å². The van der Waals surface area contributed by atoms with Crippen LogP contribution in [0, 0.1) is 0 Å². The molecule has 11 heteroatoms. The molecule has 0 aliphatic carbocycles. The Balaban J connectivity index is 2.06.